The smallest absolute Gasteiger partial charge is 0.462 e. The molecule has 0 spiro atoms. The van der Waals surface area contributed by atoms with E-state index in [1.165, 1.54) is 167 Å². The van der Waals surface area contributed by atoms with Crippen molar-refractivity contribution >= 4 is 39.5 Å². The van der Waals surface area contributed by atoms with Crippen molar-refractivity contribution in [2.24, 2.45) is 23.7 Å². The standard InChI is InChI=1S/C74H144O17P2/c1-9-67(8)53-45-37-29-21-14-12-10-11-13-15-23-31-40-48-56-73(78)90-70(61-85-72(77)55-47-39-33-25-28-36-44-52-66(6)7)63-89-93(82,83)87-59-68(75)58-86-92(80,81)88-62-69(91-74(79)57-49-41-32-24-18-20-27-35-43-51-65(4)5)60-84-71(76)54-46-38-30-22-17-16-19-26-34-42-50-64(2)3/h64-70,75H,9-63H2,1-8H3,(H,80,81)(H,82,83)/t67?,68?,69-,70-/m1/s1. The summed E-state index contributed by atoms with van der Waals surface area (Å²) in [6.45, 7) is 14.2. The highest BCUT2D eigenvalue weighted by atomic mass is 31.2. The number of esters is 4. The van der Waals surface area contributed by atoms with Crippen molar-refractivity contribution in [3.63, 3.8) is 0 Å². The minimum Gasteiger partial charge on any atom is -0.462 e. The average molecular weight is 1370 g/mol. The number of carbonyl (C=O) groups is 4. The number of hydrogen-bond donors (Lipinski definition) is 3. The maximum absolute atomic E-state index is 13.0. The third kappa shape index (κ3) is 67.0. The largest absolute Gasteiger partial charge is 0.472 e. The van der Waals surface area contributed by atoms with Crippen molar-refractivity contribution in [1.82, 2.24) is 0 Å². The molecule has 552 valence electrons. The van der Waals surface area contributed by atoms with Gasteiger partial charge < -0.3 is 33.8 Å². The molecule has 6 atom stereocenters. The first kappa shape index (κ1) is 91.1. The van der Waals surface area contributed by atoms with Gasteiger partial charge in [0, 0.05) is 25.7 Å². The van der Waals surface area contributed by atoms with Gasteiger partial charge in [0.05, 0.1) is 26.4 Å². The number of ether oxygens (including phenoxy) is 4. The Morgan fingerprint density at radius 3 is 0.763 bits per heavy atom. The molecule has 0 saturated carbocycles. The molecule has 0 fully saturated rings. The van der Waals surface area contributed by atoms with Crippen LogP contribution in [0.25, 0.3) is 0 Å². The quantitative estimate of drug-likeness (QED) is 0.0222. The Morgan fingerprint density at radius 2 is 0.516 bits per heavy atom. The van der Waals surface area contributed by atoms with Crippen LogP contribution in [0.2, 0.25) is 0 Å². The molecule has 0 radical (unpaired) electrons. The van der Waals surface area contributed by atoms with E-state index >= 15 is 0 Å². The zero-order chi connectivity index (χ0) is 68.9. The normalized spacial score (nSPS) is 14.5. The molecule has 3 N–H and O–H groups in total. The number of aliphatic hydroxyl groups excluding tert-OH is 1. The van der Waals surface area contributed by atoms with E-state index in [-0.39, 0.29) is 25.7 Å². The third-order valence-electron chi connectivity index (χ3n) is 17.4. The lowest BCUT2D eigenvalue weighted by Gasteiger charge is -2.21. The number of hydrogen-bond acceptors (Lipinski definition) is 15. The molecule has 0 aliphatic rings. The molecule has 4 unspecified atom stereocenters. The summed E-state index contributed by atoms with van der Waals surface area (Å²) in [4.78, 5) is 72.7. The topological polar surface area (TPSA) is 237 Å². The summed E-state index contributed by atoms with van der Waals surface area (Å²) in [6, 6.07) is 0. The number of aliphatic hydroxyl groups is 1. The highest BCUT2D eigenvalue weighted by molar-refractivity contribution is 7.47. The van der Waals surface area contributed by atoms with Crippen molar-refractivity contribution in [2.75, 3.05) is 39.6 Å². The van der Waals surface area contributed by atoms with Crippen LogP contribution in [0.1, 0.15) is 370 Å². The Labute approximate surface area is 568 Å². The van der Waals surface area contributed by atoms with E-state index in [0.29, 0.717) is 31.6 Å². The summed E-state index contributed by atoms with van der Waals surface area (Å²) in [7, 11) is -9.91. The zero-order valence-corrected chi connectivity index (χ0v) is 62.7. The van der Waals surface area contributed by atoms with E-state index in [1.807, 2.05) is 0 Å². The van der Waals surface area contributed by atoms with Crippen molar-refractivity contribution in [3.05, 3.63) is 0 Å². The molecular weight excluding hydrogens is 1220 g/mol. The first-order valence-electron chi connectivity index (χ1n) is 38.2. The monoisotopic (exact) mass is 1370 g/mol. The molecule has 0 amide bonds. The van der Waals surface area contributed by atoms with Crippen molar-refractivity contribution in [3.8, 4) is 0 Å². The van der Waals surface area contributed by atoms with Crippen LogP contribution in [-0.2, 0) is 65.4 Å². The molecule has 0 aliphatic carbocycles. The first-order chi connectivity index (χ1) is 44.6. The second-order valence-electron chi connectivity index (χ2n) is 28.4. The molecule has 19 heteroatoms. The highest BCUT2D eigenvalue weighted by Crippen LogP contribution is 2.45. The van der Waals surface area contributed by atoms with Gasteiger partial charge >= 0.3 is 39.5 Å². The summed E-state index contributed by atoms with van der Waals surface area (Å²) in [6.07, 6.45) is 47.2. The van der Waals surface area contributed by atoms with Crippen LogP contribution < -0.4 is 0 Å². The van der Waals surface area contributed by atoms with Crippen LogP contribution in [0.5, 0.6) is 0 Å². The molecule has 0 rings (SSSR count). The lowest BCUT2D eigenvalue weighted by Crippen LogP contribution is -2.30. The molecule has 0 aromatic carbocycles. The van der Waals surface area contributed by atoms with Crippen LogP contribution in [0.4, 0.5) is 0 Å². The van der Waals surface area contributed by atoms with Gasteiger partial charge in [-0.3, -0.25) is 37.3 Å². The second kappa shape index (κ2) is 63.5. The van der Waals surface area contributed by atoms with E-state index in [9.17, 15) is 43.2 Å². The van der Waals surface area contributed by atoms with Gasteiger partial charge in [0.1, 0.15) is 19.3 Å². The SMILES string of the molecule is CCC(C)CCCCCCCCCCCCCCCCC(=O)O[C@H](COC(=O)CCCCCCCCCC(C)C)COP(=O)(O)OCC(O)COP(=O)(O)OC[C@@H](COC(=O)CCCCCCCCCCCCC(C)C)OC(=O)CCCCCCCCCCCC(C)C. The van der Waals surface area contributed by atoms with Crippen LogP contribution in [0, 0.1) is 23.7 Å². The van der Waals surface area contributed by atoms with E-state index in [0.717, 1.165) is 114 Å². The highest BCUT2D eigenvalue weighted by Gasteiger charge is 2.30. The Morgan fingerprint density at radius 1 is 0.301 bits per heavy atom. The fourth-order valence-corrected chi connectivity index (χ4v) is 12.7. The predicted octanol–water partition coefficient (Wildman–Crippen LogP) is 21.3. The fraction of sp³-hybridized carbons (Fsp3) is 0.946. The molecule has 0 heterocycles. The lowest BCUT2D eigenvalue weighted by molar-refractivity contribution is -0.161. The molecule has 17 nitrogen and oxygen atoms in total. The maximum Gasteiger partial charge on any atom is 0.472 e. The molecule has 93 heavy (non-hydrogen) atoms. The van der Waals surface area contributed by atoms with Gasteiger partial charge in [-0.2, -0.15) is 0 Å². The molecule has 0 saturated heterocycles. The van der Waals surface area contributed by atoms with Gasteiger partial charge in [-0.1, -0.05) is 319 Å². The minimum absolute atomic E-state index is 0.105. The summed E-state index contributed by atoms with van der Waals surface area (Å²) >= 11 is 0. The minimum atomic E-state index is -4.96. The number of unbranched alkanes of at least 4 members (excludes halogenated alkanes) is 36. The average Bonchev–Trinajstić information content (AvgIpc) is 1.38. The molecule has 0 aromatic heterocycles. The summed E-state index contributed by atoms with van der Waals surface area (Å²) in [5.74, 6) is 0.921. The maximum atomic E-state index is 13.0. The van der Waals surface area contributed by atoms with Gasteiger partial charge in [0.15, 0.2) is 12.2 Å². The van der Waals surface area contributed by atoms with E-state index in [2.05, 4.69) is 55.4 Å². The Bertz CT molecular complexity index is 1840. The van der Waals surface area contributed by atoms with Crippen molar-refractivity contribution < 1.29 is 80.2 Å². The third-order valence-corrected chi connectivity index (χ3v) is 19.3. The van der Waals surface area contributed by atoms with Crippen LogP contribution in [0.15, 0.2) is 0 Å². The van der Waals surface area contributed by atoms with Crippen molar-refractivity contribution in [2.45, 2.75) is 388 Å². The predicted molar refractivity (Wildman–Crippen MR) is 377 cm³/mol. The first-order valence-corrected chi connectivity index (χ1v) is 41.2. The van der Waals surface area contributed by atoms with E-state index < -0.39 is 97.5 Å². The van der Waals surface area contributed by atoms with Gasteiger partial charge in [0.2, 0.25) is 0 Å². The number of rotatable bonds is 71. The van der Waals surface area contributed by atoms with Gasteiger partial charge in [0.25, 0.3) is 0 Å². The second-order valence-corrected chi connectivity index (χ2v) is 31.3. The molecule has 0 bridgehead atoms. The zero-order valence-electron chi connectivity index (χ0n) is 60.9. The Balaban J connectivity index is 5.23. The van der Waals surface area contributed by atoms with Crippen LogP contribution in [-0.4, -0.2) is 96.7 Å². The van der Waals surface area contributed by atoms with Gasteiger partial charge in [-0.05, 0) is 49.4 Å². The summed E-state index contributed by atoms with van der Waals surface area (Å²) in [5, 5.41) is 10.6. The van der Waals surface area contributed by atoms with Crippen LogP contribution in [0.3, 0.4) is 0 Å². The number of phosphoric acid groups is 2. The molecule has 0 aromatic rings. The van der Waals surface area contributed by atoms with E-state index in [4.69, 9.17) is 37.0 Å². The Hall–Kier alpha value is -1.94. The van der Waals surface area contributed by atoms with Gasteiger partial charge in [-0.25, -0.2) is 9.13 Å². The van der Waals surface area contributed by atoms with Crippen molar-refractivity contribution in [1.29, 1.82) is 0 Å². The lowest BCUT2D eigenvalue weighted by atomic mass is 9.99. The van der Waals surface area contributed by atoms with Crippen LogP contribution >= 0.6 is 15.6 Å². The van der Waals surface area contributed by atoms with Gasteiger partial charge in [-0.15, -0.1) is 0 Å². The number of phosphoric ester groups is 2. The number of carbonyl (C=O) groups excluding carboxylic acids is 4. The Kier molecular flexibility index (Phi) is 62.2. The summed E-state index contributed by atoms with van der Waals surface area (Å²) in [5.41, 5.74) is 0. The van der Waals surface area contributed by atoms with E-state index in [1.54, 1.807) is 0 Å². The molecule has 0 aliphatic heterocycles. The molecular formula is C74H144O17P2. The summed E-state index contributed by atoms with van der Waals surface area (Å²) < 4.78 is 68.4. The fourth-order valence-electron chi connectivity index (χ4n) is 11.2.